The lowest BCUT2D eigenvalue weighted by Gasteiger charge is -2.34. The molecule has 0 aromatic rings. The molecule has 1 rings (SSSR count). The minimum Gasteiger partial charge on any atom is -0.381 e. The van der Waals surface area contributed by atoms with E-state index in [1.54, 1.807) is 7.11 Å². The number of sulfonamides is 1. The quantitative estimate of drug-likeness (QED) is 0.610. The third-order valence-electron chi connectivity index (χ3n) is 2.16. The Morgan fingerprint density at radius 1 is 1.54 bits per heavy atom. The molecule has 13 heavy (non-hydrogen) atoms. The Labute approximate surface area is 78.7 Å². The van der Waals surface area contributed by atoms with E-state index in [0.29, 0.717) is 0 Å². The number of hydrogen-bond acceptors (Lipinski definition) is 4. The Kier molecular flexibility index (Phi) is 3.66. The zero-order chi connectivity index (χ0) is 9.90. The standard InChI is InChI=1S/C7H16N2O3S/c1-12-7-4-6(5-7)9-13(10,11)3-2-8/h6-7,9H,2-5,8H2,1H3. The van der Waals surface area contributed by atoms with Gasteiger partial charge >= 0.3 is 0 Å². The molecule has 0 radical (unpaired) electrons. The third-order valence-corrected chi connectivity index (χ3v) is 3.63. The monoisotopic (exact) mass is 208 g/mol. The van der Waals surface area contributed by atoms with E-state index >= 15 is 0 Å². The maximum absolute atomic E-state index is 11.2. The zero-order valence-electron chi connectivity index (χ0n) is 7.69. The van der Waals surface area contributed by atoms with Gasteiger partial charge in [-0.2, -0.15) is 0 Å². The summed E-state index contributed by atoms with van der Waals surface area (Å²) >= 11 is 0. The average molecular weight is 208 g/mol. The van der Waals surface area contributed by atoms with Crippen LogP contribution >= 0.6 is 0 Å². The van der Waals surface area contributed by atoms with Gasteiger partial charge in [0.05, 0.1) is 11.9 Å². The Hall–Kier alpha value is -0.170. The predicted molar refractivity (Wildman–Crippen MR) is 49.8 cm³/mol. The van der Waals surface area contributed by atoms with E-state index in [1.165, 1.54) is 0 Å². The molecule has 3 N–H and O–H groups in total. The number of methoxy groups -OCH3 is 1. The van der Waals surface area contributed by atoms with Crippen molar-refractivity contribution < 1.29 is 13.2 Å². The van der Waals surface area contributed by atoms with Crippen molar-refractivity contribution in [1.82, 2.24) is 4.72 Å². The van der Waals surface area contributed by atoms with Gasteiger partial charge in [-0.15, -0.1) is 0 Å². The zero-order valence-corrected chi connectivity index (χ0v) is 8.51. The molecular weight excluding hydrogens is 192 g/mol. The van der Waals surface area contributed by atoms with Gasteiger partial charge in [0.2, 0.25) is 10.0 Å². The smallest absolute Gasteiger partial charge is 0.213 e. The largest absolute Gasteiger partial charge is 0.381 e. The predicted octanol–water partition coefficient (Wildman–Crippen LogP) is -0.958. The Morgan fingerprint density at radius 3 is 2.62 bits per heavy atom. The molecule has 0 saturated heterocycles. The van der Waals surface area contributed by atoms with Gasteiger partial charge in [0.25, 0.3) is 0 Å². The van der Waals surface area contributed by atoms with Crippen molar-refractivity contribution in [1.29, 1.82) is 0 Å². The maximum Gasteiger partial charge on any atom is 0.213 e. The first-order chi connectivity index (χ1) is 6.07. The molecule has 0 aliphatic heterocycles. The van der Waals surface area contributed by atoms with Crippen molar-refractivity contribution in [2.75, 3.05) is 19.4 Å². The average Bonchev–Trinajstić information content (AvgIpc) is 1.95. The molecule has 78 valence electrons. The molecule has 6 heteroatoms. The molecule has 0 aromatic carbocycles. The topological polar surface area (TPSA) is 81.4 Å². The summed E-state index contributed by atoms with van der Waals surface area (Å²) in [5.74, 6) is 0.00114. The van der Waals surface area contributed by atoms with E-state index in [4.69, 9.17) is 10.5 Å². The first-order valence-electron chi connectivity index (χ1n) is 4.30. The molecular formula is C7H16N2O3S. The summed E-state index contributed by atoms with van der Waals surface area (Å²) < 4.78 is 30.0. The summed E-state index contributed by atoms with van der Waals surface area (Å²) in [4.78, 5) is 0. The number of hydrogen-bond donors (Lipinski definition) is 2. The molecule has 1 aliphatic rings. The van der Waals surface area contributed by atoms with Crippen LogP contribution in [-0.4, -0.2) is 40.0 Å². The Balaban J connectivity index is 2.27. The van der Waals surface area contributed by atoms with Gasteiger partial charge in [0.15, 0.2) is 0 Å². The lowest BCUT2D eigenvalue weighted by atomic mass is 9.90. The summed E-state index contributed by atoms with van der Waals surface area (Å²) in [6, 6.07) is 0.0431. The van der Waals surface area contributed by atoms with Crippen molar-refractivity contribution in [3.05, 3.63) is 0 Å². The molecule has 1 aliphatic carbocycles. The highest BCUT2D eigenvalue weighted by molar-refractivity contribution is 7.89. The summed E-state index contributed by atoms with van der Waals surface area (Å²) in [5.41, 5.74) is 5.16. The van der Waals surface area contributed by atoms with Gasteiger partial charge in [-0.05, 0) is 12.8 Å². The van der Waals surface area contributed by atoms with Crippen molar-refractivity contribution in [3.8, 4) is 0 Å². The van der Waals surface area contributed by atoms with Crippen LogP contribution in [0.2, 0.25) is 0 Å². The molecule has 5 nitrogen and oxygen atoms in total. The molecule has 1 saturated carbocycles. The second kappa shape index (κ2) is 4.36. The van der Waals surface area contributed by atoms with Gasteiger partial charge in [-0.1, -0.05) is 0 Å². The van der Waals surface area contributed by atoms with E-state index in [-0.39, 0.29) is 24.4 Å². The summed E-state index contributed by atoms with van der Waals surface area (Å²) in [6.45, 7) is 0.162. The van der Waals surface area contributed by atoms with Crippen LogP contribution in [0.25, 0.3) is 0 Å². The van der Waals surface area contributed by atoms with Crippen molar-refractivity contribution >= 4 is 10.0 Å². The van der Waals surface area contributed by atoms with Gasteiger partial charge in [-0.25, -0.2) is 13.1 Å². The normalized spacial score (nSPS) is 28.5. The fourth-order valence-corrected chi connectivity index (χ4v) is 2.45. The Bertz CT molecular complexity index is 246. The number of nitrogens with one attached hydrogen (secondary N) is 1. The van der Waals surface area contributed by atoms with Crippen LogP contribution in [-0.2, 0) is 14.8 Å². The SMILES string of the molecule is COC1CC(NS(=O)(=O)CCN)C1. The van der Waals surface area contributed by atoms with Gasteiger partial charge < -0.3 is 10.5 Å². The van der Waals surface area contributed by atoms with E-state index in [9.17, 15) is 8.42 Å². The molecule has 0 amide bonds. The fraction of sp³-hybridized carbons (Fsp3) is 1.00. The highest BCUT2D eigenvalue weighted by atomic mass is 32.2. The van der Waals surface area contributed by atoms with E-state index in [1.807, 2.05) is 0 Å². The van der Waals surface area contributed by atoms with Crippen LogP contribution in [0.4, 0.5) is 0 Å². The first-order valence-corrected chi connectivity index (χ1v) is 5.95. The van der Waals surface area contributed by atoms with Crippen LogP contribution < -0.4 is 10.5 Å². The van der Waals surface area contributed by atoms with Crippen LogP contribution in [0.15, 0.2) is 0 Å². The number of rotatable bonds is 5. The molecule has 0 bridgehead atoms. The van der Waals surface area contributed by atoms with Crippen LogP contribution in [0.1, 0.15) is 12.8 Å². The molecule has 1 fully saturated rings. The second-order valence-corrected chi connectivity index (χ2v) is 5.12. The highest BCUT2D eigenvalue weighted by Crippen LogP contribution is 2.22. The van der Waals surface area contributed by atoms with Crippen molar-refractivity contribution in [3.63, 3.8) is 0 Å². The Morgan fingerprint density at radius 2 is 2.15 bits per heavy atom. The van der Waals surface area contributed by atoms with Crippen LogP contribution in [0.3, 0.4) is 0 Å². The third kappa shape index (κ3) is 3.22. The van der Waals surface area contributed by atoms with E-state index < -0.39 is 10.0 Å². The minimum atomic E-state index is -3.15. The molecule has 0 heterocycles. The molecule has 0 unspecified atom stereocenters. The summed E-state index contributed by atoms with van der Waals surface area (Å²) in [5, 5.41) is 0. The van der Waals surface area contributed by atoms with Gasteiger partial charge in [-0.3, -0.25) is 0 Å². The molecule has 0 aromatic heterocycles. The lowest BCUT2D eigenvalue weighted by molar-refractivity contribution is 0.0236. The molecule has 0 spiro atoms. The maximum atomic E-state index is 11.2. The summed E-state index contributed by atoms with van der Waals surface area (Å²) in [7, 11) is -1.52. The highest BCUT2D eigenvalue weighted by Gasteiger charge is 2.31. The first kappa shape index (κ1) is 10.9. The van der Waals surface area contributed by atoms with E-state index in [2.05, 4.69) is 4.72 Å². The number of nitrogens with two attached hydrogens (primary N) is 1. The van der Waals surface area contributed by atoms with Crippen LogP contribution in [0.5, 0.6) is 0 Å². The van der Waals surface area contributed by atoms with Crippen molar-refractivity contribution in [2.24, 2.45) is 5.73 Å². The van der Waals surface area contributed by atoms with Gasteiger partial charge in [0, 0.05) is 19.7 Å². The lowest BCUT2D eigenvalue weighted by Crippen LogP contribution is -2.48. The minimum absolute atomic E-state index is 0.00114. The van der Waals surface area contributed by atoms with Crippen LogP contribution in [0, 0.1) is 0 Å². The van der Waals surface area contributed by atoms with E-state index in [0.717, 1.165) is 12.8 Å². The second-order valence-electron chi connectivity index (χ2n) is 3.25. The molecule has 0 atom stereocenters. The fourth-order valence-electron chi connectivity index (χ4n) is 1.32. The number of ether oxygens (including phenoxy) is 1. The van der Waals surface area contributed by atoms with Gasteiger partial charge in [0.1, 0.15) is 0 Å². The van der Waals surface area contributed by atoms with Crippen molar-refractivity contribution in [2.45, 2.75) is 25.0 Å². The summed E-state index contributed by atoms with van der Waals surface area (Å²) in [6.07, 6.45) is 1.74.